The Bertz CT molecular complexity index is 1440. The molecule has 0 aliphatic carbocycles. The Morgan fingerprint density at radius 1 is 0.906 bits per heavy atom. The summed E-state index contributed by atoms with van der Waals surface area (Å²) in [4.78, 5) is 29.4. The van der Waals surface area contributed by atoms with Crippen LogP contribution in [0.1, 0.15) is 0 Å². The number of hydrogen-bond acceptors (Lipinski definition) is 5. The van der Waals surface area contributed by atoms with Gasteiger partial charge in [0.2, 0.25) is 5.91 Å². The Labute approximate surface area is 186 Å². The van der Waals surface area contributed by atoms with Gasteiger partial charge in [0.05, 0.1) is 16.8 Å². The van der Waals surface area contributed by atoms with Crippen LogP contribution in [0.3, 0.4) is 0 Å². The minimum absolute atomic E-state index is 0.154. The number of aromatic amines is 2. The Balaban J connectivity index is 1.37. The highest BCUT2D eigenvalue weighted by atomic mass is 32.2. The fourth-order valence-corrected chi connectivity index (χ4v) is 4.14. The van der Waals surface area contributed by atoms with Crippen molar-refractivity contribution in [2.45, 2.75) is 5.16 Å². The SMILES string of the molecule is O=C(CSc1nnc(-c2ccccc2)n1-c1ccccc1)Nc1ccc2[nH]c(=O)[nH]c2c1. The van der Waals surface area contributed by atoms with Gasteiger partial charge >= 0.3 is 5.69 Å². The van der Waals surface area contributed by atoms with E-state index < -0.39 is 0 Å². The largest absolute Gasteiger partial charge is 0.325 e. The maximum absolute atomic E-state index is 12.6. The number of imidazole rings is 1. The molecule has 5 aromatic rings. The summed E-state index contributed by atoms with van der Waals surface area (Å²) in [6.45, 7) is 0. The number of aromatic nitrogens is 5. The molecule has 3 N–H and O–H groups in total. The van der Waals surface area contributed by atoms with Gasteiger partial charge in [0.25, 0.3) is 0 Å². The van der Waals surface area contributed by atoms with Crippen molar-refractivity contribution >= 4 is 34.4 Å². The highest BCUT2D eigenvalue weighted by Crippen LogP contribution is 2.28. The first-order valence-corrected chi connectivity index (χ1v) is 10.9. The van der Waals surface area contributed by atoms with Crippen LogP contribution in [0.25, 0.3) is 28.1 Å². The van der Waals surface area contributed by atoms with Crippen molar-refractivity contribution in [2.75, 3.05) is 11.1 Å². The van der Waals surface area contributed by atoms with Gasteiger partial charge in [0.15, 0.2) is 11.0 Å². The van der Waals surface area contributed by atoms with Gasteiger partial charge in [-0.25, -0.2) is 4.79 Å². The molecule has 0 atom stereocenters. The number of benzene rings is 3. The van der Waals surface area contributed by atoms with Gasteiger partial charge in [0, 0.05) is 16.9 Å². The first kappa shape index (κ1) is 19.8. The van der Waals surface area contributed by atoms with Crippen LogP contribution in [0.4, 0.5) is 5.69 Å². The Hall–Kier alpha value is -4.11. The van der Waals surface area contributed by atoms with Crippen LogP contribution in [0.15, 0.2) is 88.8 Å². The van der Waals surface area contributed by atoms with Gasteiger partial charge in [-0.05, 0) is 30.3 Å². The maximum atomic E-state index is 12.6. The molecule has 1 amide bonds. The lowest BCUT2D eigenvalue weighted by atomic mass is 10.2. The van der Waals surface area contributed by atoms with E-state index in [1.54, 1.807) is 18.2 Å². The molecule has 0 aliphatic rings. The molecule has 32 heavy (non-hydrogen) atoms. The third-order valence-corrected chi connectivity index (χ3v) is 5.74. The molecule has 2 heterocycles. The Morgan fingerprint density at radius 2 is 1.62 bits per heavy atom. The van der Waals surface area contributed by atoms with Gasteiger partial charge in [-0.15, -0.1) is 10.2 Å². The van der Waals surface area contributed by atoms with Gasteiger partial charge in [0.1, 0.15) is 0 Å². The average Bonchev–Trinajstić information content (AvgIpc) is 3.41. The standard InChI is InChI=1S/C23H18N6O2S/c30-20(24-16-11-12-18-19(13-16)26-22(31)25-18)14-32-23-28-27-21(15-7-3-1-4-8-15)29(23)17-9-5-2-6-10-17/h1-13H,14H2,(H,24,30)(H2,25,26,31). The molecule has 0 bridgehead atoms. The quantitative estimate of drug-likeness (QED) is 0.346. The predicted molar refractivity (Wildman–Crippen MR) is 125 cm³/mol. The topological polar surface area (TPSA) is 108 Å². The lowest BCUT2D eigenvalue weighted by molar-refractivity contribution is -0.113. The number of anilines is 1. The number of fused-ring (bicyclic) bond motifs is 1. The van der Waals surface area contributed by atoms with E-state index in [2.05, 4.69) is 25.5 Å². The average molecular weight is 443 g/mol. The number of nitrogens with one attached hydrogen (secondary N) is 3. The molecule has 3 aromatic carbocycles. The fourth-order valence-electron chi connectivity index (χ4n) is 3.38. The highest BCUT2D eigenvalue weighted by Gasteiger charge is 2.17. The van der Waals surface area contributed by atoms with Gasteiger partial charge in [-0.3, -0.25) is 9.36 Å². The summed E-state index contributed by atoms with van der Waals surface area (Å²) in [6, 6.07) is 24.8. The number of carbonyl (C=O) groups is 1. The summed E-state index contributed by atoms with van der Waals surface area (Å²) in [5.74, 6) is 0.680. The molecule has 0 saturated heterocycles. The molecule has 158 valence electrons. The zero-order chi connectivity index (χ0) is 21.9. The van der Waals surface area contributed by atoms with Crippen molar-refractivity contribution < 1.29 is 4.79 Å². The molecule has 0 radical (unpaired) electrons. The summed E-state index contributed by atoms with van der Waals surface area (Å²) in [5, 5.41) is 12.2. The molecule has 0 unspecified atom stereocenters. The second kappa shape index (κ2) is 8.56. The van der Waals surface area contributed by atoms with E-state index >= 15 is 0 Å². The molecular formula is C23H18N6O2S. The predicted octanol–water partition coefficient (Wildman–Crippen LogP) is 3.83. The third-order valence-electron chi connectivity index (χ3n) is 4.81. The van der Waals surface area contributed by atoms with Crippen molar-refractivity contribution in [3.05, 3.63) is 89.3 Å². The monoisotopic (exact) mass is 442 g/mol. The van der Waals surface area contributed by atoms with Crippen molar-refractivity contribution in [3.8, 4) is 17.1 Å². The summed E-state index contributed by atoms with van der Waals surface area (Å²) in [5.41, 5.74) is 3.50. The lowest BCUT2D eigenvalue weighted by Gasteiger charge is -2.10. The van der Waals surface area contributed by atoms with Crippen LogP contribution in [0.2, 0.25) is 0 Å². The number of para-hydroxylation sites is 1. The molecule has 8 nitrogen and oxygen atoms in total. The molecule has 9 heteroatoms. The fraction of sp³-hybridized carbons (Fsp3) is 0.0435. The van der Waals surface area contributed by atoms with Gasteiger partial charge in [-0.2, -0.15) is 0 Å². The van der Waals surface area contributed by atoms with Crippen LogP contribution < -0.4 is 11.0 Å². The first-order chi connectivity index (χ1) is 15.7. The van der Waals surface area contributed by atoms with Gasteiger partial charge < -0.3 is 15.3 Å². The molecule has 0 spiro atoms. The van der Waals surface area contributed by atoms with E-state index in [1.807, 2.05) is 65.2 Å². The second-order valence-corrected chi connectivity index (χ2v) is 7.96. The summed E-state index contributed by atoms with van der Waals surface area (Å²) in [6.07, 6.45) is 0. The van der Waals surface area contributed by atoms with E-state index in [4.69, 9.17) is 0 Å². The molecule has 0 saturated carbocycles. The van der Waals surface area contributed by atoms with E-state index in [9.17, 15) is 9.59 Å². The summed E-state index contributed by atoms with van der Waals surface area (Å²) >= 11 is 1.31. The van der Waals surface area contributed by atoms with Crippen molar-refractivity contribution in [1.82, 2.24) is 24.7 Å². The second-order valence-electron chi connectivity index (χ2n) is 7.02. The maximum Gasteiger partial charge on any atom is 0.323 e. The number of thioether (sulfide) groups is 1. The van der Waals surface area contributed by atoms with Gasteiger partial charge in [-0.1, -0.05) is 60.3 Å². The van der Waals surface area contributed by atoms with Crippen LogP contribution in [0, 0.1) is 0 Å². The van der Waals surface area contributed by atoms with Crippen LogP contribution in [0.5, 0.6) is 0 Å². The van der Waals surface area contributed by atoms with E-state index in [0.717, 1.165) is 11.3 Å². The molecule has 2 aromatic heterocycles. The number of amides is 1. The van der Waals surface area contributed by atoms with Crippen LogP contribution >= 0.6 is 11.8 Å². The Morgan fingerprint density at radius 3 is 2.41 bits per heavy atom. The summed E-state index contributed by atoms with van der Waals surface area (Å²) in [7, 11) is 0. The first-order valence-electron chi connectivity index (χ1n) is 9.88. The molecule has 0 fully saturated rings. The van der Waals surface area contributed by atoms with Crippen molar-refractivity contribution in [1.29, 1.82) is 0 Å². The number of nitrogens with zero attached hydrogens (tertiary/aromatic N) is 3. The minimum Gasteiger partial charge on any atom is -0.325 e. The molecule has 5 rings (SSSR count). The number of hydrogen-bond donors (Lipinski definition) is 3. The molecule has 0 aliphatic heterocycles. The normalized spacial score (nSPS) is 11.0. The van der Waals surface area contributed by atoms with Crippen molar-refractivity contribution in [3.63, 3.8) is 0 Å². The zero-order valence-electron chi connectivity index (χ0n) is 16.8. The smallest absolute Gasteiger partial charge is 0.323 e. The molecular weight excluding hydrogens is 424 g/mol. The lowest BCUT2D eigenvalue weighted by Crippen LogP contribution is -2.14. The highest BCUT2D eigenvalue weighted by molar-refractivity contribution is 7.99. The van der Waals surface area contributed by atoms with Crippen molar-refractivity contribution in [2.24, 2.45) is 0 Å². The Kier molecular flexibility index (Phi) is 5.30. The minimum atomic E-state index is -0.284. The zero-order valence-corrected chi connectivity index (χ0v) is 17.6. The van der Waals surface area contributed by atoms with E-state index in [-0.39, 0.29) is 17.3 Å². The van der Waals surface area contributed by atoms with E-state index in [0.29, 0.717) is 27.7 Å². The van der Waals surface area contributed by atoms with Crippen LogP contribution in [-0.4, -0.2) is 36.4 Å². The summed E-state index contributed by atoms with van der Waals surface area (Å²) < 4.78 is 1.95. The number of rotatable bonds is 6. The number of H-pyrrole nitrogens is 2. The van der Waals surface area contributed by atoms with E-state index in [1.165, 1.54) is 11.8 Å². The third kappa shape index (κ3) is 4.06. The number of carbonyl (C=O) groups excluding carboxylic acids is 1. The van der Waals surface area contributed by atoms with Crippen LogP contribution in [-0.2, 0) is 4.79 Å².